The van der Waals surface area contributed by atoms with E-state index in [2.05, 4.69) is 4.72 Å². The summed E-state index contributed by atoms with van der Waals surface area (Å²) in [5.41, 5.74) is 0. The van der Waals surface area contributed by atoms with Crippen LogP contribution in [0.1, 0.15) is 47.5 Å². The van der Waals surface area contributed by atoms with E-state index >= 15 is 0 Å². The van der Waals surface area contributed by atoms with Crippen LogP contribution >= 0.6 is 0 Å². The SMILES string of the molecule is CCOC(=O)CC[C@H](C)N[S@@](=O)C(C)(C)C. The molecule has 0 heterocycles. The zero-order chi connectivity index (χ0) is 12.8. The Morgan fingerprint density at radius 3 is 2.44 bits per heavy atom. The van der Waals surface area contributed by atoms with Gasteiger partial charge in [-0.25, -0.2) is 8.93 Å². The van der Waals surface area contributed by atoms with E-state index in [1.807, 2.05) is 27.7 Å². The van der Waals surface area contributed by atoms with Gasteiger partial charge < -0.3 is 4.74 Å². The second kappa shape index (κ2) is 7.01. The molecule has 0 spiro atoms. The molecule has 0 rings (SSSR count). The summed E-state index contributed by atoms with van der Waals surface area (Å²) in [4.78, 5) is 11.1. The highest BCUT2D eigenvalue weighted by atomic mass is 32.2. The molecule has 0 aliphatic carbocycles. The van der Waals surface area contributed by atoms with Gasteiger partial charge in [-0.2, -0.15) is 0 Å². The maximum atomic E-state index is 11.7. The first-order valence-electron chi connectivity index (χ1n) is 5.61. The zero-order valence-corrected chi connectivity index (χ0v) is 11.6. The molecule has 0 saturated carbocycles. The van der Waals surface area contributed by atoms with Crippen LogP contribution in [0.5, 0.6) is 0 Å². The number of nitrogens with one attached hydrogen (secondary N) is 1. The summed E-state index contributed by atoms with van der Waals surface area (Å²) in [6.07, 6.45) is 1.00. The molecule has 16 heavy (non-hydrogen) atoms. The van der Waals surface area contributed by atoms with Crippen molar-refractivity contribution in [2.24, 2.45) is 0 Å². The first-order chi connectivity index (χ1) is 7.27. The van der Waals surface area contributed by atoms with Crippen molar-refractivity contribution in [1.82, 2.24) is 4.72 Å². The lowest BCUT2D eigenvalue weighted by molar-refractivity contribution is -0.143. The molecule has 0 saturated heterocycles. The molecular weight excluding hydrogens is 226 g/mol. The van der Waals surface area contributed by atoms with Gasteiger partial charge in [0.1, 0.15) is 0 Å². The van der Waals surface area contributed by atoms with Gasteiger partial charge in [-0.1, -0.05) is 0 Å². The van der Waals surface area contributed by atoms with Crippen molar-refractivity contribution in [1.29, 1.82) is 0 Å². The molecule has 96 valence electrons. The minimum Gasteiger partial charge on any atom is -0.466 e. The lowest BCUT2D eigenvalue weighted by Crippen LogP contribution is -2.38. The van der Waals surface area contributed by atoms with E-state index in [9.17, 15) is 9.00 Å². The number of hydrogen-bond acceptors (Lipinski definition) is 3. The van der Waals surface area contributed by atoms with Crippen molar-refractivity contribution in [3.63, 3.8) is 0 Å². The minimum atomic E-state index is -1.09. The van der Waals surface area contributed by atoms with Crippen LogP contribution in [-0.4, -0.2) is 27.6 Å². The van der Waals surface area contributed by atoms with Crippen molar-refractivity contribution < 1.29 is 13.7 Å². The lowest BCUT2D eigenvalue weighted by Gasteiger charge is -2.21. The molecule has 0 unspecified atom stereocenters. The van der Waals surface area contributed by atoms with Gasteiger partial charge in [0, 0.05) is 12.5 Å². The first-order valence-corrected chi connectivity index (χ1v) is 6.76. The van der Waals surface area contributed by atoms with Crippen molar-refractivity contribution in [2.45, 2.75) is 58.2 Å². The number of ether oxygens (including phenoxy) is 1. The molecule has 1 N–H and O–H groups in total. The normalized spacial score (nSPS) is 15.6. The van der Waals surface area contributed by atoms with Crippen molar-refractivity contribution in [2.75, 3.05) is 6.61 Å². The van der Waals surface area contributed by atoms with E-state index in [0.717, 1.165) is 0 Å². The van der Waals surface area contributed by atoms with Gasteiger partial charge in [0.05, 0.1) is 22.3 Å². The quantitative estimate of drug-likeness (QED) is 0.730. The molecule has 2 atom stereocenters. The Hall–Kier alpha value is -0.420. The van der Waals surface area contributed by atoms with E-state index < -0.39 is 11.0 Å². The first kappa shape index (κ1) is 15.6. The summed E-state index contributed by atoms with van der Waals surface area (Å²) in [5.74, 6) is -0.197. The number of carbonyl (C=O) groups excluding carboxylic acids is 1. The predicted octanol–water partition coefficient (Wildman–Crippen LogP) is 1.77. The minimum absolute atomic E-state index is 0.0458. The van der Waals surface area contributed by atoms with Gasteiger partial charge in [-0.15, -0.1) is 0 Å². The molecule has 0 bridgehead atoms. The van der Waals surface area contributed by atoms with E-state index in [0.29, 0.717) is 19.4 Å². The van der Waals surface area contributed by atoms with Crippen LogP contribution in [-0.2, 0) is 20.5 Å². The molecule has 0 aromatic carbocycles. The lowest BCUT2D eigenvalue weighted by atomic mass is 10.2. The molecule has 0 amide bonds. The average molecular weight is 249 g/mol. The van der Waals surface area contributed by atoms with Gasteiger partial charge in [-0.3, -0.25) is 4.79 Å². The van der Waals surface area contributed by atoms with E-state index in [1.54, 1.807) is 6.92 Å². The Balaban J connectivity index is 3.87. The highest BCUT2D eigenvalue weighted by Gasteiger charge is 2.21. The second-order valence-corrected chi connectivity index (χ2v) is 6.74. The average Bonchev–Trinajstić information content (AvgIpc) is 2.13. The van der Waals surface area contributed by atoms with Crippen molar-refractivity contribution in [3.05, 3.63) is 0 Å². The zero-order valence-electron chi connectivity index (χ0n) is 10.8. The topological polar surface area (TPSA) is 55.4 Å². The third-order valence-electron chi connectivity index (χ3n) is 1.95. The van der Waals surface area contributed by atoms with Crippen LogP contribution in [0, 0.1) is 0 Å². The fourth-order valence-corrected chi connectivity index (χ4v) is 1.82. The summed E-state index contributed by atoms with van der Waals surface area (Å²) in [6, 6.07) is 0.0458. The van der Waals surface area contributed by atoms with Crippen LogP contribution < -0.4 is 4.72 Å². The molecule has 4 nitrogen and oxygen atoms in total. The third-order valence-corrected chi connectivity index (χ3v) is 3.68. The van der Waals surface area contributed by atoms with E-state index in [4.69, 9.17) is 4.74 Å². The fourth-order valence-electron chi connectivity index (χ4n) is 0.986. The standard InChI is InChI=1S/C11H23NO3S/c1-6-15-10(13)8-7-9(2)12-16(14)11(3,4)5/h9,12H,6-8H2,1-5H3/t9-,16-/m0/s1. The van der Waals surface area contributed by atoms with E-state index in [1.165, 1.54) is 0 Å². The molecule has 0 radical (unpaired) electrons. The summed E-state index contributed by atoms with van der Waals surface area (Å²) in [6.45, 7) is 9.85. The van der Waals surface area contributed by atoms with Crippen molar-refractivity contribution >= 4 is 17.0 Å². The number of hydrogen-bond donors (Lipinski definition) is 1. The van der Waals surface area contributed by atoms with Gasteiger partial charge >= 0.3 is 5.97 Å². The number of carbonyl (C=O) groups is 1. The molecule has 0 aliphatic heterocycles. The molecule has 0 aromatic rings. The van der Waals surface area contributed by atoms with Crippen LogP contribution in [0.3, 0.4) is 0 Å². The maximum absolute atomic E-state index is 11.7. The van der Waals surface area contributed by atoms with Gasteiger partial charge in [0.2, 0.25) is 0 Å². The largest absolute Gasteiger partial charge is 0.466 e. The summed E-state index contributed by atoms with van der Waals surface area (Å²) in [5, 5.41) is 0. The Kier molecular flexibility index (Phi) is 6.83. The monoisotopic (exact) mass is 249 g/mol. The molecule has 0 fully saturated rings. The summed E-state index contributed by atoms with van der Waals surface area (Å²) < 4.78 is 19.3. The van der Waals surface area contributed by atoms with Crippen LogP contribution in [0.2, 0.25) is 0 Å². The van der Waals surface area contributed by atoms with Gasteiger partial charge in [0.15, 0.2) is 0 Å². The summed E-state index contributed by atoms with van der Waals surface area (Å²) >= 11 is 0. The Morgan fingerprint density at radius 1 is 1.44 bits per heavy atom. The van der Waals surface area contributed by atoms with Crippen LogP contribution in [0.4, 0.5) is 0 Å². The predicted molar refractivity (Wildman–Crippen MR) is 66.4 cm³/mol. The Bertz CT molecular complexity index is 248. The second-order valence-electron chi connectivity index (χ2n) is 4.74. The Labute approximate surface area is 101 Å². The van der Waals surface area contributed by atoms with Gasteiger partial charge in [0.25, 0.3) is 0 Å². The summed E-state index contributed by atoms with van der Waals surface area (Å²) in [7, 11) is -1.09. The molecule has 0 aliphatic rings. The van der Waals surface area contributed by atoms with Crippen LogP contribution in [0.25, 0.3) is 0 Å². The number of esters is 1. The highest BCUT2D eigenvalue weighted by Crippen LogP contribution is 2.10. The number of rotatable bonds is 6. The molecular formula is C11H23NO3S. The van der Waals surface area contributed by atoms with E-state index in [-0.39, 0.29) is 16.8 Å². The molecule has 0 aromatic heterocycles. The van der Waals surface area contributed by atoms with Gasteiger partial charge in [-0.05, 0) is 41.0 Å². The van der Waals surface area contributed by atoms with Crippen LogP contribution in [0.15, 0.2) is 0 Å². The highest BCUT2D eigenvalue weighted by molar-refractivity contribution is 7.84. The fraction of sp³-hybridized carbons (Fsp3) is 0.909. The Morgan fingerprint density at radius 2 is 2.00 bits per heavy atom. The maximum Gasteiger partial charge on any atom is 0.305 e. The smallest absolute Gasteiger partial charge is 0.305 e. The third kappa shape index (κ3) is 6.95. The van der Waals surface area contributed by atoms with Crippen molar-refractivity contribution in [3.8, 4) is 0 Å². The molecule has 5 heteroatoms.